The van der Waals surface area contributed by atoms with Crippen LogP contribution in [0.25, 0.3) is 32.3 Å². The average molecular weight is 733 g/mol. The van der Waals surface area contributed by atoms with Gasteiger partial charge in [-0.05, 0) is 107 Å². The third kappa shape index (κ3) is 8.75. The molecule has 0 saturated carbocycles. The molecule has 0 aromatic heterocycles. The fourth-order valence-corrected chi connectivity index (χ4v) is 8.60. The van der Waals surface area contributed by atoms with E-state index in [9.17, 15) is 38.9 Å². The second-order valence-electron chi connectivity index (χ2n) is 11.5. The topological polar surface area (TPSA) is 172 Å². The molecule has 13 heteroatoms. The van der Waals surface area contributed by atoms with E-state index >= 15 is 0 Å². The first-order valence-corrected chi connectivity index (χ1v) is 18.8. The molecule has 0 heterocycles. The van der Waals surface area contributed by atoms with Gasteiger partial charge in [0.1, 0.15) is 30.4 Å². The lowest BCUT2D eigenvalue weighted by Gasteiger charge is -2.15. The Kier molecular flexibility index (Phi) is 12.3. The van der Waals surface area contributed by atoms with Gasteiger partial charge >= 0.3 is 0 Å². The number of fused-ring (bicyclic) bond motifs is 3. The van der Waals surface area contributed by atoms with Crippen molar-refractivity contribution >= 4 is 80.0 Å². The molecule has 49 heavy (non-hydrogen) atoms. The highest BCUT2D eigenvalue weighted by atomic mass is 32.2. The molecule has 0 aliphatic carbocycles. The summed E-state index contributed by atoms with van der Waals surface area (Å²) < 4.78 is 101. The number of benzene rings is 6. The lowest BCUT2D eigenvalue weighted by molar-refractivity contribution is 0.461. The first kappa shape index (κ1) is 39.8. The van der Waals surface area contributed by atoms with Crippen molar-refractivity contribution in [3.05, 3.63) is 124 Å². The monoisotopic (exact) mass is 732 g/mol. The van der Waals surface area contributed by atoms with E-state index in [1.807, 2.05) is 36.4 Å². The summed E-state index contributed by atoms with van der Waals surface area (Å²) in [6.45, 7) is 10.4. The zero-order valence-corrected chi connectivity index (χ0v) is 31.2. The van der Waals surface area contributed by atoms with Crippen molar-refractivity contribution in [2.45, 2.75) is 56.2 Å². The van der Waals surface area contributed by atoms with Gasteiger partial charge in [-0.15, -0.1) is 0 Å². The van der Waals surface area contributed by atoms with Crippen LogP contribution in [0, 0.1) is 41.5 Å². The van der Waals surface area contributed by atoms with E-state index in [0.717, 1.165) is 32.8 Å². The second-order valence-corrected chi connectivity index (χ2v) is 15.4. The number of rotatable bonds is 3. The lowest BCUT2D eigenvalue weighted by atomic mass is 10.0. The maximum absolute atomic E-state index is 11.3. The highest BCUT2D eigenvalue weighted by molar-refractivity contribution is 7.86. The van der Waals surface area contributed by atoms with Crippen molar-refractivity contribution in [2.24, 2.45) is 0 Å². The molecule has 0 spiro atoms. The van der Waals surface area contributed by atoms with Crippen LogP contribution in [0.4, 0.5) is 0 Å². The summed E-state index contributed by atoms with van der Waals surface area (Å²) in [5, 5.41) is 3.84. The van der Waals surface area contributed by atoms with Gasteiger partial charge < -0.3 is 13.7 Å². The average Bonchev–Trinajstić information content (AvgIpc) is 2.97. The Balaban J connectivity index is 0.000000197. The summed E-state index contributed by atoms with van der Waals surface area (Å²) in [6, 6.07) is 26.7. The van der Waals surface area contributed by atoms with Gasteiger partial charge in [-0.1, -0.05) is 91.0 Å². The van der Waals surface area contributed by atoms with Crippen LogP contribution in [0.5, 0.6) is 0 Å². The van der Waals surface area contributed by atoms with Crippen molar-refractivity contribution in [3.63, 3.8) is 0 Å². The van der Waals surface area contributed by atoms with Crippen LogP contribution in [-0.2, 0) is 30.4 Å². The van der Waals surface area contributed by atoms with E-state index < -0.39 is 30.4 Å². The maximum atomic E-state index is 11.3. The van der Waals surface area contributed by atoms with Crippen LogP contribution >= 0.6 is 0 Å². The normalized spacial score (nSPS) is 11.7. The predicted octanol–water partition coefficient (Wildman–Crippen LogP) is 6.70. The molecule has 3 radical (unpaired) electrons. The summed E-state index contributed by atoms with van der Waals surface area (Å²) in [4.78, 5) is -0.283. The van der Waals surface area contributed by atoms with Gasteiger partial charge in [0.25, 0.3) is 0 Å². The maximum Gasteiger partial charge on any atom is 0.125 e. The third-order valence-electron chi connectivity index (χ3n) is 8.28. The molecule has 0 saturated heterocycles. The van der Waals surface area contributed by atoms with E-state index in [-0.39, 0.29) is 32.0 Å². The first-order valence-electron chi connectivity index (χ1n) is 14.6. The molecular formula is C36H33AlO9S3-3. The highest BCUT2D eigenvalue weighted by Gasteiger charge is 2.15. The Hall–Kier alpha value is -3.64. The van der Waals surface area contributed by atoms with Gasteiger partial charge in [0.2, 0.25) is 0 Å². The molecule has 0 aliphatic heterocycles. The summed E-state index contributed by atoms with van der Waals surface area (Å²) in [6.07, 6.45) is 0. The van der Waals surface area contributed by atoms with Crippen LogP contribution in [0.15, 0.2) is 106 Å². The molecule has 6 aromatic carbocycles. The summed E-state index contributed by atoms with van der Waals surface area (Å²) in [5.41, 5.74) is 4.05. The Morgan fingerprint density at radius 1 is 0.388 bits per heavy atom. The number of hydrogen-bond acceptors (Lipinski definition) is 9. The van der Waals surface area contributed by atoms with Gasteiger partial charge in [0.15, 0.2) is 0 Å². The largest absolute Gasteiger partial charge is 0.744 e. The van der Waals surface area contributed by atoms with Crippen LogP contribution < -0.4 is 0 Å². The first-order chi connectivity index (χ1) is 22.2. The van der Waals surface area contributed by atoms with Crippen molar-refractivity contribution < 1.29 is 38.9 Å². The summed E-state index contributed by atoms with van der Waals surface area (Å²) in [7, 11) is -13.3. The Morgan fingerprint density at radius 2 is 0.592 bits per heavy atom. The molecule has 255 valence electrons. The smallest absolute Gasteiger partial charge is 0.125 e. The van der Waals surface area contributed by atoms with Crippen molar-refractivity contribution in [1.82, 2.24) is 0 Å². The van der Waals surface area contributed by atoms with Gasteiger partial charge in [-0.2, -0.15) is 0 Å². The zero-order chi connectivity index (χ0) is 35.8. The second kappa shape index (κ2) is 15.1. The quantitative estimate of drug-likeness (QED) is 0.142. The molecule has 9 nitrogen and oxygen atoms in total. The zero-order valence-electron chi connectivity index (χ0n) is 27.6. The van der Waals surface area contributed by atoms with Crippen LogP contribution in [0.2, 0.25) is 0 Å². The molecule has 6 aromatic rings. The van der Waals surface area contributed by atoms with Crippen molar-refractivity contribution in [2.75, 3.05) is 0 Å². The van der Waals surface area contributed by atoms with E-state index in [1.165, 1.54) is 0 Å². The molecule has 6 rings (SSSR count). The SMILES string of the molecule is Cc1cc2ccccc2c(S(=O)(=O)[O-])c1C.Cc1cc2ccccc2c(S(=O)(=O)[O-])c1C.Cc1cc2ccccc2c(S(=O)(=O)[O-])c1C.[Al]. The fraction of sp³-hybridized carbons (Fsp3) is 0.167. The summed E-state index contributed by atoms with van der Waals surface area (Å²) in [5.74, 6) is 0. The fourth-order valence-electron chi connectivity index (χ4n) is 5.62. The standard InChI is InChI=1S/3C12H12O3S.Al/c3*1-8-7-10-5-3-4-6-11(10)12(9(8)2)16(13,14)15;/h3*3-7H,1-2H3,(H,13,14,15);/p-3. The lowest BCUT2D eigenvalue weighted by Crippen LogP contribution is -2.04. The molecule has 0 unspecified atom stereocenters. The molecule has 0 bridgehead atoms. The van der Waals surface area contributed by atoms with Crippen LogP contribution in [-0.4, -0.2) is 56.3 Å². The van der Waals surface area contributed by atoms with Gasteiger partial charge in [0.05, 0.1) is 14.7 Å². The molecule has 0 atom stereocenters. The molecule has 0 amide bonds. The minimum absolute atomic E-state index is 0. The van der Waals surface area contributed by atoms with E-state index in [4.69, 9.17) is 0 Å². The van der Waals surface area contributed by atoms with E-state index in [0.29, 0.717) is 32.8 Å². The Morgan fingerprint density at radius 3 is 0.796 bits per heavy atom. The minimum atomic E-state index is -4.43. The number of hydrogen-bond donors (Lipinski definition) is 0. The van der Waals surface area contributed by atoms with Gasteiger partial charge in [-0.3, -0.25) is 0 Å². The Bertz CT molecular complexity index is 2260. The van der Waals surface area contributed by atoms with E-state index in [1.54, 1.807) is 96.1 Å². The predicted molar refractivity (Wildman–Crippen MR) is 190 cm³/mol. The summed E-state index contributed by atoms with van der Waals surface area (Å²) >= 11 is 0. The molecule has 0 aliphatic rings. The van der Waals surface area contributed by atoms with Crippen molar-refractivity contribution in [3.8, 4) is 0 Å². The van der Waals surface area contributed by atoms with Crippen LogP contribution in [0.3, 0.4) is 0 Å². The highest BCUT2D eigenvalue weighted by Crippen LogP contribution is 2.31. The molecular weight excluding hydrogens is 700 g/mol. The van der Waals surface area contributed by atoms with Crippen molar-refractivity contribution in [1.29, 1.82) is 0 Å². The molecule has 0 fully saturated rings. The van der Waals surface area contributed by atoms with Crippen LogP contribution in [0.1, 0.15) is 33.4 Å². The van der Waals surface area contributed by atoms with Gasteiger partial charge in [-0.25, -0.2) is 25.3 Å². The van der Waals surface area contributed by atoms with Gasteiger partial charge in [0, 0.05) is 17.4 Å². The molecule has 0 N–H and O–H groups in total. The third-order valence-corrected chi connectivity index (χ3v) is 11.4. The number of aryl methyl sites for hydroxylation is 3. The Labute approximate surface area is 298 Å². The minimum Gasteiger partial charge on any atom is -0.744 e. The van der Waals surface area contributed by atoms with E-state index in [2.05, 4.69) is 0 Å².